The van der Waals surface area contributed by atoms with Gasteiger partial charge in [-0.05, 0) is 17.9 Å². The third kappa shape index (κ3) is 5.44. The topological polar surface area (TPSA) is 86.3 Å². The molecule has 1 amide bonds. The van der Waals surface area contributed by atoms with Crippen molar-refractivity contribution in [3.05, 3.63) is 28.7 Å². The van der Waals surface area contributed by atoms with Crippen LogP contribution in [0, 0.1) is 5.41 Å². The fourth-order valence-electron chi connectivity index (χ4n) is 1.69. The maximum absolute atomic E-state index is 11.9. The second kappa shape index (κ2) is 7.09. The zero-order valence-electron chi connectivity index (χ0n) is 12.3. The molecule has 0 aliphatic rings. The first-order valence-corrected chi connectivity index (χ1v) is 6.56. The summed E-state index contributed by atoms with van der Waals surface area (Å²) in [6.45, 7) is 5.27. The lowest BCUT2D eigenvalue weighted by atomic mass is 9.90. The Labute approximate surface area is 118 Å². The van der Waals surface area contributed by atoms with Crippen LogP contribution in [-0.2, 0) is 16.1 Å². The van der Waals surface area contributed by atoms with Gasteiger partial charge in [0.1, 0.15) is 6.54 Å². The van der Waals surface area contributed by atoms with Crippen molar-refractivity contribution < 1.29 is 9.53 Å². The Morgan fingerprint density at radius 1 is 1.45 bits per heavy atom. The highest BCUT2D eigenvalue weighted by Gasteiger charge is 2.18. The van der Waals surface area contributed by atoms with Gasteiger partial charge in [-0.1, -0.05) is 13.8 Å². The van der Waals surface area contributed by atoms with Gasteiger partial charge in [0.05, 0.1) is 0 Å². The molecule has 1 rings (SSSR count). The molecule has 0 unspecified atom stereocenters. The van der Waals surface area contributed by atoms with E-state index in [4.69, 9.17) is 10.5 Å². The molecule has 0 bridgehead atoms. The lowest BCUT2D eigenvalue weighted by Crippen LogP contribution is -2.38. The van der Waals surface area contributed by atoms with Crippen molar-refractivity contribution in [3.8, 4) is 0 Å². The Kier molecular flexibility index (Phi) is 5.76. The number of rotatable bonds is 7. The van der Waals surface area contributed by atoms with Gasteiger partial charge < -0.3 is 20.4 Å². The van der Waals surface area contributed by atoms with E-state index in [2.05, 4.69) is 19.2 Å². The summed E-state index contributed by atoms with van der Waals surface area (Å²) < 4.78 is 6.34. The number of aromatic nitrogens is 1. The van der Waals surface area contributed by atoms with Crippen molar-refractivity contribution >= 4 is 11.6 Å². The lowest BCUT2D eigenvalue weighted by molar-refractivity contribution is -0.122. The summed E-state index contributed by atoms with van der Waals surface area (Å²) in [6, 6.07) is 2.87. The number of carbonyl (C=O) groups is 1. The highest BCUT2D eigenvalue weighted by molar-refractivity contribution is 5.75. The monoisotopic (exact) mass is 281 g/mol. The van der Waals surface area contributed by atoms with Gasteiger partial charge in [-0.3, -0.25) is 9.59 Å². The molecule has 0 radical (unpaired) electrons. The quantitative estimate of drug-likeness (QED) is 0.766. The standard InChI is InChI=1S/C14H23N3O3/c1-14(2,6-7-20-3)10-16-12(18)9-17-8-11(15)4-5-13(17)19/h4-5,8H,6-7,9-10,15H2,1-3H3,(H,16,18). The second-order valence-electron chi connectivity index (χ2n) is 5.61. The molecule has 1 aromatic heterocycles. The number of carbonyl (C=O) groups excluding carboxylic acids is 1. The van der Waals surface area contributed by atoms with Gasteiger partial charge in [-0.2, -0.15) is 0 Å². The molecule has 1 aromatic rings. The molecule has 0 aromatic carbocycles. The Morgan fingerprint density at radius 2 is 2.15 bits per heavy atom. The van der Waals surface area contributed by atoms with Gasteiger partial charge in [0, 0.05) is 38.2 Å². The zero-order valence-corrected chi connectivity index (χ0v) is 12.3. The SMILES string of the molecule is COCCC(C)(C)CNC(=O)Cn1cc(N)ccc1=O. The summed E-state index contributed by atoms with van der Waals surface area (Å²) in [5.41, 5.74) is 5.76. The normalized spacial score (nSPS) is 11.3. The number of anilines is 1. The number of nitrogens with one attached hydrogen (secondary N) is 1. The Morgan fingerprint density at radius 3 is 2.80 bits per heavy atom. The molecule has 0 fully saturated rings. The minimum Gasteiger partial charge on any atom is -0.398 e. The number of nitrogens with zero attached hydrogens (tertiary/aromatic N) is 1. The predicted octanol–water partition coefficient (Wildman–Crippen LogP) is 0.609. The number of hydrogen-bond acceptors (Lipinski definition) is 4. The average molecular weight is 281 g/mol. The fourth-order valence-corrected chi connectivity index (χ4v) is 1.69. The fraction of sp³-hybridized carbons (Fsp3) is 0.571. The van der Waals surface area contributed by atoms with Crippen LogP contribution < -0.4 is 16.6 Å². The third-order valence-corrected chi connectivity index (χ3v) is 3.07. The molecule has 0 saturated heterocycles. The van der Waals surface area contributed by atoms with Crippen LogP contribution >= 0.6 is 0 Å². The van der Waals surface area contributed by atoms with E-state index in [0.717, 1.165) is 6.42 Å². The first kappa shape index (κ1) is 16.2. The lowest BCUT2D eigenvalue weighted by Gasteiger charge is -2.24. The smallest absolute Gasteiger partial charge is 0.251 e. The Bertz CT molecular complexity index is 509. The summed E-state index contributed by atoms with van der Waals surface area (Å²) in [5.74, 6) is -0.205. The van der Waals surface area contributed by atoms with Gasteiger partial charge in [-0.15, -0.1) is 0 Å². The maximum Gasteiger partial charge on any atom is 0.251 e. The molecular formula is C14H23N3O3. The van der Waals surface area contributed by atoms with Crippen molar-refractivity contribution in [2.45, 2.75) is 26.8 Å². The number of nitrogens with two attached hydrogens (primary N) is 1. The van der Waals surface area contributed by atoms with E-state index >= 15 is 0 Å². The third-order valence-electron chi connectivity index (χ3n) is 3.07. The molecule has 0 aliphatic heterocycles. The van der Waals surface area contributed by atoms with Gasteiger partial charge in [0.15, 0.2) is 0 Å². The van der Waals surface area contributed by atoms with Gasteiger partial charge in [0.25, 0.3) is 5.56 Å². The van der Waals surface area contributed by atoms with E-state index in [1.165, 1.54) is 22.9 Å². The molecule has 1 heterocycles. The van der Waals surface area contributed by atoms with Crippen molar-refractivity contribution in [3.63, 3.8) is 0 Å². The average Bonchev–Trinajstić information content (AvgIpc) is 2.39. The summed E-state index contributed by atoms with van der Waals surface area (Å²) >= 11 is 0. The highest BCUT2D eigenvalue weighted by atomic mass is 16.5. The van der Waals surface area contributed by atoms with Crippen molar-refractivity contribution in [1.82, 2.24) is 9.88 Å². The van der Waals surface area contributed by atoms with Crippen LogP contribution in [0.4, 0.5) is 5.69 Å². The van der Waals surface area contributed by atoms with E-state index < -0.39 is 0 Å². The number of amides is 1. The number of nitrogen functional groups attached to an aromatic ring is 1. The minimum absolute atomic E-state index is 0.0236. The molecule has 112 valence electrons. The largest absolute Gasteiger partial charge is 0.398 e. The van der Waals surface area contributed by atoms with Crippen LogP contribution in [0.25, 0.3) is 0 Å². The predicted molar refractivity (Wildman–Crippen MR) is 78.4 cm³/mol. The molecule has 0 spiro atoms. The second-order valence-corrected chi connectivity index (χ2v) is 5.61. The van der Waals surface area contributed by atoms with Crippen LogP contribution in [0.2, 0.25) is 0 Å². The Balaban J connectivity index is 2.52. The van der Waals surface area contributed by atoms with Crippen LogP contribution in [0.1, 0.15) is 20.3 Å². The molecule has 0 atom stereocenters. The summed E-state index contributed by atoms with van der Waals surface area (Å²) in [7, 11) is 1.65. The molecule has 20 heavy (non-hydrogen) atoms. The minimum atomic E-state index is -0.243. The van der Waals surface area contributed by atoms with Crippen molar-refractivity contribution in [2.75, 3.05) is 26.0 Å². The maximum atomic E-state index is 11.9. The van der Waals surface area contributed by atoms with Crippen molar-refractivity contribution in [2.24, 2.45) is 5.41 Å². The van der Waals surface area contributed by atoms with Crippen LogP contribution in [-0.4, -0.2) is 30.7 Å². The highest BCUT2D eigenvalue weighted by Crippen LogP contribution is 2.18. The Hall–Kier alpha value is -1.82. The zero-order chi connectivity index (χ0) is 15.2. The van der Waals surface area contributed by atoms with E-state index in [1.54, 1.807) is 7.11 Å². The summed E-state index contributed by atoms with van der Waals surface area (Å²) in [6.07, 6.45) is 2.32. The number of ether oxygens (including phenoxy) is 1. The number of hydrogen-bond donors (Lipinski definition) is 2. The number of pyridine rings is 1. The van der Waals surface area contributed by atoms with E-state index in [-0.39, 0.29) is 23.4 Å². The van der Waals surface area contributed by atoms with E-state index in [0.29, 0.717) is 18.8 Å². The molecule has 6 heteroatoms. The van der Waals surface area contributed by atoms with Crippen LogP contribution in [0.15, 0.2) is 23.1 Å². The molecule has 6 nitrogen and oxygen atoms in total. The molecule has 0 saturated carbocycles. The number of methoxy groups -OCH3 is 1. The summed E-state index contributed by atoms with van der Waals surface area (Å²) in [4.78, 5) is 23.4. The van der Waals surface area contributed by atoms with E-state index in [1.807, 2.05) is 0 Å². The van der Waals surface area contributed by atoms with Gasteiger partial charge in [-0.25, -0.2) is 0 Å². The molecule has 3 N–H and O–H groups in total. The van der Waals surface area contributed by atoms with Crippen LogP contribution in [0.5, 0.6) is 0 Å². The molecule has 0 aliphatic carbocycles. The first-order chi connectivity index (χ1) is 9.34. The van der Waals surface area contributed by atoms with Gasteiger partial charge in [0.2, 0.25) is 5.91 Å². The summed E-state index contributed by atoms with van der Waals surface area (Å²) in [5, 5.41) is 2.83. The first-order valence-electron chi connectivity index (χ1n) is 6.56. The van der Waals surface area contributed by atoms with Gasteiger partial charge >= 0.3 is 0 Å². The van der Waals surface area contributed by atoms with Crippen molar-refractivity contribution in [1.29, 1.82) is 0 Å². The van der Waals surface area contributed by atoms with E-state index in [9.17, 15) is 9.59 Å². The molecular weight excluding hydrogens is 258 g/mol. The van der Waals surface area contributed by atoms with Crippen LogP contribution in [0.3, 0.4) is 0 Å².